The second-order valence-electron chi connectivity index (χ2n) is 6.41. The van der Waals surface area contributed by atoms with Crippen molar-refractivity contribution in [1.29, 1.82) is 5.26 Å². The van der Waals surface area contributed by atoms with Crippen LogP contribution in [0.15, 0.2) is 48.7 Å². The zero-order chi connectivity index (χ0) is 18.4. The Morgan fingerprint density at radius 1 is 1.04 bits per heavy atom. The van der Waals surface area contributed by atoms with Crippen LogP contribution >= 0.6 is 0 Å². The third-order valence-corrected chi connectivity index (χ3v) is 4.50. The van der Waals surface area contributed by atoms with E-state index in [1.54, 1.807) is 48.7 Å². The third kappa shape index (κ3) is 4.45. The summed E-state index contributed by atoms with van der Waals surface area (Å²) in [5.41, 5.74) is 1.33. The number of nitrogens with zero attached hydrogens (tertiary/aromatic N) is 2. The lowest BCUT2D eigenvalue weighted by molar-refractivity contribution is 0.0900. The Kier molecular flexibility index (Phi) is 5.59. The third-order valence-electron chi connectivity index (χ3n) is 4.50. The number of rotatable bonds is 4. The summed E-state index contributed by atoms with van der Waals surface area (Å²) in [5, 5.41) is 15.0. The number of aromatic nitrogens is 1. The summed E-state index contributed by atoms with van der Waals surface area (Å²) in [6.45, 7) is 0. The fourth-order valence-corrected chi connectivity index (χ4v) is 3.21. The number of carbonyl (C=O) groups excluding carboxylic acids is 2. The van der Waals surface area contributed by atoms with Gasteiger partial charge in [-0.2, -0.15) is 5.26 Å². The molecule has 6 heteroatoms. The summed E-state index contributed by atoms with van der Waals surface area (Å²) in [5.74, 6) is -0.381. The SMILES string of the molecule is N#Cc1cccc(C(=O)N[C@@H]2CCC[C@H](NC(=O)c3ccccn3)C2)c1. The van der Waals surface area contributed by atoms with E-state index in [1.807, 2.05) is 6.07 Å². The van der Waals surface area contributed by atoms with Crippen LogP contribution in [-0.2, 0) is 0 Å². The maximum absolute atomic E-state index is 12.4. The fourth-order valence-electron chi connectivity index (χ4n) is 3.21. The van der Waals surface area contributed by atoms with Crippen molar-refractivity contribution in [2.45, 2.75) is 37.8 Å². The van der Waals surface area contributed by atoms with Gasteiger partial charge in [-0.05, 0) is 56.0 Å². The van der Waals surface area contributed by atoms with Gasteiger partial charge < -0.3 is 10.6 Å². The van der Waals surface area contributed by atoms with E-state index in [0.717, 1.165) is 19.3 Å². The van der Waals surface area contributed by atoms with Gasteiger partial charge >= 0.3 is 0 Å². The first-order valence-corrected chi connectivity index (χ1v) is 8.68. The van der Waals surface area contributed by atoms with Crippen molar-refractivity contribution >= 4 is 11.8 Å². The molecule has 0 radical (unpaired) electrons. The monoisotopic (exact) mass is 348 g/mol. The van der Waals surface area contributed by atoms with Gasteiger partial charge in [0, 0.05) is 23.8 Å². The van der Waals surface area contributed by atoms with Gasteiger partial charge in [0.15, 0.2) is 0 Å². The van der Waals surface area contributed by atoms with Crippen LogP contribution in [0.3, 0.4) is 0 Å². The van der Waals surface area contributed by atoms with Gasteiger partial charge in [0.2, 0.25) is 0 Å². The molecule has 1 aromatic carbocycles. The van der Waals surface area contributed by atoms with Crippen LogP contribution in [-0.4, -0.2) is 28.9 Å². The molecule has 2 amide bonds. The number of carbonyl (C=O) groups is 2. The van der Waals surface area contributed by atoms with Gasteiger partial charge in [-0.1, -0.05) is 12.1 Å². The first-order chi connectivity index (χ1) is 12.7. The number of hydrogen-bond acceptors (Lipinski definition) is 4. The van der Waals surface area contributed by atoms with E-state index in [0.29, 0.717) is 23.2 Å². The predicted molar refractivity (Wildman–Crippen MR) is 96.4 cm³/mol. The Morgan fingerprint density at radius 3 is 2.50 bits per heavy atom. The van der Waals surface area contributed by atoms with Crippen LogP contribution in [0.5, 0.6) is 0 Å². The molecule has 0 spiro atoms. The van der Waals surface area contributed by atoms with Crippen LogP contribution in [0.4, 0.5) is 0 Å². The highest BCUT2D eigenvalue weighted by atomic mass is 16.2. The van der Waals surface area contributed by atoms with Crippen LogP contribution in [0, 0.1) is 11.3 Å². The van der Waals surface area contributed by atoms with Crippen molar-refractivity contribution in [2.24, 2.45) is 0 Å². The lowest BCUT2D eigenvalue weighted by Crippen LogP contribution is -2.45. The first kappa shape index (κ1) is 17.6. The van der Waals surface area contributed by atoms with E-state index in [1.165, 1.54) is 0 Å². The Labute approximate surface area is 152 Å². The number of pyridine rings is 1. The highest BCUT2D eigenvalue weighted by Crippen LogP contribution is 2.19. The molecule has 2 aromatic rings. The van der Waals surface area contributed by atoms with Crippen LogP contribution in [0.2, 0.25) is 0 Å². The van der Waals surface area contributed by atoms with Crippen LogP contribution in [0.1, 0.15) is 52.1 Å². The molecule has 0 aliphatic heterocycles. The highest BCUT2D eigenvalue weighted by molar-refractivity contribution is 5.94. The quantitative estimate of drug-likeness (QED) is 0.887. The number of hydrogen-bond donors (Lipinski definition) is 2. The zero-order valence-electron chi connectivity index (χ0n) is 14.3. The van der Waals surface area contributed by atoms with Crippen molar-refractivity contribution in [3.05, 3.63) is 65.5 Å². The maximum atomic E-state index is 12.4. The van der Waals surface area contributed by atoms with Crippen LogP contribution < -0.4 is 10.6 Å². The minimum absolute atomic E-state index is 0.00368. The Bertz CT molecular complexity index is 829. The highest BCUT2D eigenvalue weighted by Gasteiger charge is 2.25. The number of nitriles is 1. The van der Waals surface area contributed by atoms with E-state index in [4.69, 9.17) is 5.26 Å². The molecule has 2 atom stereocenters. The fraction of sp³-hybridized carbons (Fsp3) is 0.300. The average molecular weight is 348 g/mol. The molecule has 3 rings (SSSR count). The number of nitrogens with one attached hydrogen (secondary N) is 2. The number of amides is 2. The Morgan fingerprint density at radius 2 is 1.81 bits per heavy atom. The molecule has 132 valence electrons. The van der Waals surface area contributed by atoms with E-state index in [2.05, 4.69) is 15.6 Å². The van der Waals surface area contributed by atoms with E-state index >= 15 is 0 Å². The van der Waals surface area contributed by atoms with Gasteiger partial charge in [0.1, 0.15) is 5.69 Å². The lowest BCUT2D eigenvalue weighted by atomic mass is 9.90. The molecule has 1 aliphatic carbocycles. The van der Waals surface area contributed by atoms with Gasteiger partial charge in [-0.15, -0.1) is 0 Å². The van der Waals surface area contributed by atoms with Crippen molar-refractivity contribution in [3.8, 4) is 6.07 Å². The summed E-state index contributed by atoms with van der Waals surface area (Å²) >= 11 is 0. The molecular weight excluding hydrogens is 328 g/mol. The Balaban J connectivity index is 1.57. The van der Waals surface area contributed by atoms with Gasteiger partial charge in [0.05, 0.1) is 11.6 Å². The average Bonchev–Trinajstić information content (AvgIpc) is 2.69. The molecule has 0 unspecified atom stereocenters. The van der Waals surface area contributed by atoms with E-state index in [9.17, 15) is 9.59 Å². The zero-order valence-corrected chi connectivity index (χ0v) is 14.3. The van der Waals surface area contributed by atoms with E-state index < -0.39 is 0 Å². The minimum atomic E-state index is -0.191. The molecule has 2 N–H and O–H groups in total. The molecular formula is C20H20N4O2. The molecule has 1 aromatic heterocycles. The molecule has 1 aliphatic rings. The van der Waals surface area contributed by atoms with Crippen molar-refractivity contribution < 1.29 is 9.59 Å². The topological polar surface area (TPSA) is 94.9 Å². The molecule has 6 nitrogen and oxygen atoms in total. The minimum Gasteiger partial charge on any atom is -0.349 e. The summed E-state index contributed by atoms with van der Waals surface area (Å²) in [4.78, 5) is 28.7. The van der Waals surface area contributed by atoms with Gasteiger partial charge in [-0.3, -0.25) is 14.6 Å². The smallest absolute Gasteiger partial charge is 0.270 e. The molecule has 1 saturated carbocycles. The predicted octanol–water partition coefficient (Wildman–Crippen LogP) is 2.42. The normalized spacial score (nSPS) is 19.2. The lowest BCUT2D eigenvalue weighted by Gasteiger charge is -2.30. The van der Waals surface area contributed by atoms with Gasteiger partial charge in [-0.25, -0.2) is 0 Å². The molecule has 26 heavy (non-hydrogen) atoms. The van der Waals surface area contributed by atoms with Crippen molar-refractivity contribution in [1.82, 2.24) is 15.6 Å². The summed E-state index contributed by atoms with van der Waals surface area (Å²) in [6, 6.07) is 13.9. The van der Waals surface area contributed by atoms with Crippen molar-refractivity contribution in [3.63, 3.8) is 0 Å². The molecule has 1 heterocycles. The maximum Gasteiger partial charge on any atom is 0.270 e. The summed E-state index contributed by atoms with van der Waals surface area (Å²) in [7, 11) is 0. The molecule has 0 bridgehead atoms. The standard InChI is InChI=1S/C20H20N4O2/c21-13-14-5-3-6-15(11-14)19(25)23-16-7-4-8-17(12-16)24-20(26)18-9-1-2-10-22-18/h1-3,5-6,9-11,16-17H,4,7-8,12H2,(H,23,25)(H,24,26)/t16-,17+/m1/s1. The van der Waals surface area contributed by atoms with Crippen LogP contribution in [0.25, 0.3) is 0 Å². The van der Waals surface area contributed by atoms with Crippen molar-refractivity contribution in [2.75, 3.05) is 0 Å². The molecule has 1 fully saturated rings. The summed E-state index contributed by atoms with van der Waals surface area (Å²) in [6.07, 6.45) is 4.96. The molecule has 0 saturated heterocycles. The van der Waals surface area contributed by atoms with E-state index in [-0.39, 0.29) is 23.9 Å². The first-order valence-electron chi connectivity index (χ1n) is 8.68. The van der Waals surface area contributed by atoms with Gasteiger partial charge in [0.25, 0.3) is 11.8 Å². The Hall–Kier alpha value is -3.20. The second-order valence-corrected chi connectivity index (χ2v) is 6.41. The summed E-state index contributed by atoms with van der Waals surface area (Å²) < 4.78 is 0. The second kappa shape index (κ2) is 8.26. The largest absolute Gasteiger partial charge is 0.349 e. The number of benzene rings is 1.